The molecule has 0 saturated heterocycles. The van der Waals surface area contributed by atoms with E-state index in [1.54, 1.807) is 12.4 Å². The number of hydrogen-bond donors (Lipinski definition) is 0. The Balaban J connectivity index is 2.13. The number of aryl methyl sites for hydroxylation is 1. The van der Waals surface area contributed by atoms with Crippen LogP contribution in [0.2, 0.25) is 0 Å². The molecule has 120 valence electrons. The summed E-state index contributed by atoms with van der Waals surface area (Å²) in [6.45, 7) is 4.18. The van der Waals surface area contributed by atoms with Crippen molar-refractivity contribution in [3.05, 3.63) is 59.8 Å². The van der Waals surface area contributed by atoms with Gasteiger partial charge in [0, 0.05) is 17.8 Å². The number of nitriles is 1. The number of aromatic nitrogens is 2. The highest BCUT2D eigenvalue weighted by atomic mass is 19.1. The van der Waals surface area contributed by atoms with Gasteiger partial charge in [-0.05, 0) is 54.2 Å². The van der Waals surface area contributed by atoms with Crippen LogP contribution in [0, 0.1) is 23.1 Å². The Morgan fingerprint density at radius 3 is 2.54 bits per heavy atom. The Kier molecular flexibility index (Phi) is 4.52. The van der Waals surface area contributed by atoms with Crippen LogP contribution in [0.3, 0.4) is 0 Å². The van der Waals surface area contributed by atoms with Crippen LogP contribution in [-0.2, 0) is 6.42 Å². The van der Waals surface area contributed by atoms with Crippen LogP contribution in [-0.4, -0.2) is 9.97 Å². The van der Waals surface area contributed by atoms with Gasteiger partial charge in [-0.2, -0.15) is 5.26 Å². The van der Waals surface area contributed by atoms with Gasteiger partial charge in [0.1, 0.15) is 6.07 Å². The minimum Gasteiger partial charge on any atom is -0.265 e. The average Bonchev–Trinajstić information content (AvgIpc) is 2.60. The highest BCUT2D eigenvalue weighted by Crippen LogP contribution is 2.28. The van der Waals surface area contributed by atoms with Gasteiger partial charge in [0.15, 0.2) is 5.82 Å². The maximum absolute atomic E-state index is 14.7. The fourth-order valence-electron chi connectivity index (χ4n) is 2.72. The van der Waals surface area contributed by atoms with Crippen LogP contribution in [0.15, 0.2) is 42.7 Å². The molecule has 0 saturated carbocycles. The van der Waals surface area contributed by atoms with Crippen LogP contribution in [0.4, 0.5) is 4.39 Å². The lowest BCUT2D eigenvalue weighted by Gasteiger charge is -2.10. The summed E-state index contributed by atoms with van der Waals surface area (Å²) >= 11 is 0. The van der Waals surface area contributed by atoms with Crippen molar-refractivity contribution in [2.24, 2.45) is 5.92 Å². The molecule has 24 heavy (non-hydrogen) atoms. The largest absolute Gasteiger partial charge is 0.265 e. The van der Waals surface area contributed by atoms with Crippen molar-refractivity contribution in [3.8, 4) is 17.2 Å². The van der Waals surface area contributed by atoms with Crippen LogP contribution < -0.4 is 0 Å². The van der Waals surface area contributed by atoms with Crippen LogP contribution in [0.1, 0.15) is 31.5 Å². The average molecular weight is 319 g/mol. The molecule has 0 aliphatic rings. The molecular weight excluding hydrogens is 301 g/mol. The van der Waals surface area contributed by atoms with Gasteiger partial charge in [-0.25, -0.2) is 9.37 Å². The van der Waals surface area contributed by atoms with E-state index in [1.165, 1.54) is 0 Å². The number of pyridine rings is 2. The van der Waals surface area contributed by atoms with E-state index in [1.807, 2.05) is 36.4 Å². The molecule has 0 unspecified atom stereocenters. The number of halogens is 1. The molecular formula is C20H18FN3. The van der Waals surface area contributed by atoms with Crippen molar-refractivity contribution in [2.75, 3.05) is 0 Å². The lowest BCUT2D eigenvalue weighted by Crippen LogP contribution is -2.02. The van der Waals surface area contributed by atoms with Crippen LogP contribution in [0.25, 0.3) is 22.0 Å². The third kappa shape index (κ3) is 3.11. The molecule has 2 heterocycles. The molecule has 0 N–H and O–H groups in total. The summed E-state index contributed by atoms with van der Waals surface area (Å²) < 4.78 is 14.7. The number of hydrogen-bond acceptors (Lipinski definition) is 3. The first-order valence-electron chi connectivity index (χ1n) is 8.02. The second kappa shape index (κ2) is 6.76. The van der Waals surface area contributed by atoms with Gasteiger partial charge in [0.25, 0.3) is 0 Å². The van der Waals surface area contributed by atoms with E-state index in [9.17, 15) is 9.65 Å². The second-order valence-corrected chi connectivity index (χ2v) is 6.26. The van der Waals surface area contributed by atoms with Gasteiger partial charge in [0.2, 0.25) is 0 Å². The lowest BCUT2D eigenvalue weighted by molar-refractivity contribution is 0.548. The van der Waals surface area contributed by atoms with Crippen molar-refractivity contribution in [2.45, 2.75) is 26.7 Å². The zero-order valence-electron chi connectivity index (χ0n) is 13.8. The minimum absolute atomic E-state index is 0.0784. The van der Waals surface area contributed by atoms with Gasteiger partial charge < -0.3 is 0 Å². The van der Waals surface area contributed by atoms with E-state index in [0.717, 1.165) is 17.5 Å². The molecule has 0 atom stereocenters. The molecule has 0 aliphatic heterocycles. The normalized spacial score (nSPS) is 11.0. The summed E-state index contributed by atoms with van der Waals surface area (Å²) in [5.41, 5.74) is 3.00. The van der Waals surface area contributed by atoms with Crippen LogP contribution in [0.5, 0.6) is 0 Å². The molecule has 0 spiro atoms. The predicted molar refractivity (Wildman–Crippen MR) is 92.8 cm³/mol. The summed E-state index contributed by atoms with van der Waals surface area (Å²) in [5, 5.41) is 10.0. The predicted octanol–water partition coefficient (Wildman–Crippen LogP) is 4.90. The molecule has 0 bridgehead atoms. The quantitative estimate of drug-likeness (QED) is 0.687. The molecule has 4 heteroatoms. The van der Waals surface area contributed by atoms with Crippen molar-refractivity contribution in [3.63, 3.8) is 0 Å². The molecule has 1 aromatic carbocycles. The monoisotopic (exact) mass is 319 g/mol. The van der Waals surface area contributed by atoms with Gasteiger partial charge >= 0.3 is 0 Å². The maximum Gasteiger partial charge on any atom is 0.163 e. The van der Waals surface area contributed by atoms with Crippen molar-refractivity contribution in [1.29, 1.82) is 5.26 Å². The molecule has 0 radical (unpaired) electrons. The fourth-order valence-corrected chi connectivity index (χ4v) is 2.72. The first-order valence-corrected chi connectivity index (χ1v) is 8.02. The van der Waals surface area contributed by atoms with E-state index in [4.69, 9.17) is 0 Å². The number of benzene rings is 1. The highest BCUT2D eigenvalue weighted by Gasteiger charge is 2.16. The Morgan fingerprint density at radius 1 is 1.12 bits per heavy atom. The zero-order chi connectivity index (χ0) is 17.1. The summed E-state index contributed by atoms with van der Waals surface area (Å²) in [6.07, 6.45) is 4.80. The third-order valence-corrected chi connectivity index (χ3v) is 4.08. The Hall–Kier alpha value is -2.80. The first-order chi connectivity index (χ1) is 11.6. The SMILES string of the molecule is CC(C)CCc1nc2ccc(-c3ccncc3)cc2c(C#N)c1F. The maximum atomic E-state index is 14.7. The van der Waals surface area contributed by atoms with Crippen LogP contribution >= 0.6 is 0 Å². The summed E-state index contributed by atoms with van der Waals surface area (Å²) in [5.74, 6) is -0.0287. The van der Waals surface area contributed by atoms with Gasteiger partial charge in [-0.1, -0.05) is 19.9 Å². The smallest absolute Gasteiger partial charge is 0.163 e. The van der Waals surface area contributed by atoms with Crippen molar-refractivity contribution < 1.29 is 4.39 Å². The van der Waals surface area contributed by atoms with Crippen molar-refractivity contribution >= 4 is 10.9 Å². The number of rotatable bonds is 4. The molecule has 0 aliphatic carbocycles. The standard InChI is InChI=1S/C20H18FN3/c1-13(2)3-5-19-20(21)17(12-22)16-11-15(4-6-18(16)24-19)14-7-9-23-10-8-14/h4,6-11,13H,3,5H2,1-2H3. The highest BCUT2D eigenvalue weighted by molar-refractivity contribution is 5.89. The zero-order valence-corrected chi connectivity index (χ0v) is 13.8. The molecule has 3 rings (SSSR count). The van der Waals surface area contributed by atoms with E-state index in [-0.39, 0.29) is 5.56 Å². The van der Waals surface area contributed by atoms with Gasteiger partial charge in [-0.3, -0.25) is 4.98 Å². The van der Waals surface area contributed by atoms with E-state index < -0.39 is 5.82 Å². The molecule has 0 amide bonds. The minimum atomic E-state index is -0.488. The molecule has 3 nitrogen and oxygen atoms in total. The lowest BCUT2D eigenvalue weighted by atomic mass is 9.99. The Morgan fingerprint density at radius 2 is 1.88 bits per heavy atom. The van der Waals surface area contributed by atoms with E-state index in [0.29, 0.717) is 28.9 Å². The van der Waals surface area contributed by atoms with E-state index >= 15 is 0 Å². The number of fused-ring (bicyclic) bond motifs is 1. The summed E-state index contributed by atoms with van der Waals surface area (Å²) in [4.78, 5) is 8.45. The Labute approximate surface area is 140 Å². The first kappa shape index (κ1) is 16.1. The molecule has 0 fully saturated rings. The second-order valence-electron chi connectivity index (χ2n) is 6.26. The third-order valence-electron chi connectivity index (χ3n) is 4.08. The van der Waals surface area contributed by atoms with Gasteiger partial charge in [0.05, 0.1) is 16.8 Å². The van der Waals surface area contributed by atoms with E-state index in [2.05, 4.69) is 23.8 Å². The van der Waals surface area contributed by atoms with Crippen molar-refractivity contribution in [1.82, 2.24) is 9.97 Å². The molecule has 3 aromatic rings. The summed E-state index contributed by atoms with van der Waals surface area (Å²) in [7, 11) is 0. The summed E-state index contributed by atoms with van der Waals surface area (Å²) in [6, 6.07) is 11.4. The fraction of sp³-hybridized carbons (Fsp3) is 0.250. The Bertz CT molecular complexity index is 912. The van der Waals surface area contributed by atoms with Gasteiger partial charge in [-0.15, -0.1) is 0 Å². The molecule has 2 aromatic heterocycles. The number of nitrogens with zero attached hydrogens (tertiary/aromatic N) is 3. The topological polar surface area (TPSA) is 49.6 Å².